The van der Waals surface area contributed by atoms with E-state index in [4.69, 9.17) is 24.4 Å². The Morgan fingerprint density at radius 2 is 0.913 bits per heavy atom. The fraction of sp³-hybridized carbons (Fsp3) is 1.00. The highest BCUT2D eigenvalue weighted by Crippen LogP contribution is 2.27. The molecule has 0 aromatic rings. The van der Waals surface area contributed by atoms with Crippen molar-refractivity contribution in [2.45, 2.75) is 61.4 Å². The second-order valence-corrected chi connectivity index (χ2v) is 5.53. The van der Waals surface area contributed by atoms with Crippen LogP contribution in [0.4, 0.5) is 0 Å². The number of aliphatic hydroxyl groups is 8. The van der Waals surface area contributed by atoms with Crippen LogP contribution in [0.3, 0.4) is 0 Å². The number of hydrogen-bond donors (Lipinski definition) is 8. The molecule has 11 heteroatoms. The monoisotopic (exact) mass is 342 g/mol. The molecule has 2 aliphatic heterocycles. The lowest BCUT2D eigenvalue weighted by molar-refractivity contribution is -0.376. The summed E-state index contributed by atoms with van der Waals surface area (Å²) in [5, 5.41) is 76.4. The van der Waals surface area contributed by atoms with Crippen LogP contribution in [0.15, 0.2) is 0 Å². The van der Waals surface area contributed by atoms with E-state index in [1.165, 1.54) is 0 Å². The minimum Gasteiger partial charge on any atom is -0.394 e. The van der Waals surface area contributed by atoms with E-state index >= 15 is 0 Å². The van der Waals surface area contributed by atoms with E-state index in [0.717, 1.165) is 0 Å². The van der Waals surface area contributed by atoms with E-state index < -0.39 is 74.6 Å². The van der Waals surface area contributed by atoms with Crippen molar-refractivity contribution in [3.8, 4) is 0 Å². The van der Waals surface area contributed by atoms with E-state index in [9.17, 15) is 30.6 Å². The smallest absolute Gasteiger partial charge is 0.189 e. The van der Waals surface area contributed by atoms with Crippen molar-refractivity contribution >= 4 is 0 Å². The average Bonchev–Trinajstić information content (AvgIpc) is 2.55. The summed E-state index contributed by atoms with van der Waals surface area (Å²) in [6.07, 6.45) is -15.6. The zero-order chi connectivity index (χ0) is 17.3. The van der Waals surface area contributed by atoms with Crippen LogP contribution in [-0.2, 0) is 14.2 Å². The van der Waals surface area contributed by atoms with Gasteiger partial charge in [-0.3, -0.25) is 0 Å². The zero-order valence-corrected chi connectivity index (χ0v) is 12.0. The van der Waals surface area contributed by atoms with E-state index in [1.807, 2.05) is 0 Å². The molecule has 2 fully saturated rings. The molecule has 136 valence electrons. The van der Waals surface area contributed by atoms with E-state index in [1.54, 1.807) is 0 Å². The molecule has 23 heavy (non-hydrogen) atoms. The Labute approximate surface area is 130 Å². The Morgan fingerprint density at radius 1 is 0.565 bits per heavy atom. The molecule has 0 spiro atoms. The fourth-order valence-electron chi connectivity index (χ4n) is 2.49. The molecule has 2 rings (SSSR count). The molecular weight excluding hydrogens is 320 g/mol. The van der Waals surface area contributed by atoms with Crippen LogP contribution < -0.4 is 0 Å². The van der Waals surface area contributed by atoms with Crippen LogP contribution in [0, 0.1) is 0 Å². The lowest BCUT2D eigenvalue weighted by Crippen LogP contribution is -2.63. The highest BCUT2D eigenvalue weighted by molar-refractivity contribution is 4.92. The third-order valence-corrected chi connectivity index (χ3v) is 3.97. The summed E-state index contributed by atoms with van der Waals surface area (Å²) >= 11 is 0. The molecule has 0 aromatic carbocycles. The number of hydrogen-bond acceptors (Lipinski definition) is 11. The van der Waals surface area contributed by atoms with Crippen molar-refractivity contribution in [1.29, 1.82) is 0 Å². The summed E-state index contributed by atoms with van der Waals surface area (Å²) in [7, 11) is 0. The number of rotatable bonds is 4. The van der Waals surface area contributed by atoms with Gasteiger partial charge in [0.1, 0.15) is 48.8 Å². The Morgan fingerprint density at radius 3 is 1.22 bits per heavy atom. The Balaban J connectivity index is 2.07. The second kappa shape index (κ2) is 7.63. The summed E-state index contributed by atoms with van der Waals surface area (Å²) in [5.41, 5.74) is 0. The Bertz CT molecular complexity index is 344. The first-order valence-corrected chi connectivity index (χ1v) is 7.08. The third kappa shape index (κ3) is 3.65. The van der Waals surface area contributed by atoms with E-state index in [2.05, 4.69) is 0 Å². The van der Waals surface area contributed by atoms with Crippen LogP contribution in [0.25, 0.3) is 0 Å². The second-order valence-electron chi connectivity index (χ2n) is 5.53. The summed E-state index contributed by atoms with van der Waals surface area (Å²) < 4.78 is 15.3. The first-order chi connectivity index (χ1) is 10.8. The summed E-state index contributed by atoms with van der Waals surface area (Å²) in [6.45, 7) is -1.33. The fourth-order valence-corrected chi connectivity index (χ4v) is 2.49. The molecule has 2 aliphatic rings. The van der Waals surface area contributed by atoms with Gasteiger partial charge in [0.05, 0.1) is 13.2 Å². The maximum absolute atomic E-state index is 9.84. The van der Waals surface area contributed by atoms with Gasteiger partial charge in [-0.25, -0.2) is 0 Å². The average molecular weight is 342 g/mol. The molecule has 8 N–H and O–H groups in total. The van der Waals surface area contributed by atoms with Gasteiger partial charge in [0.15, 0.2) is 12.6 Å². The molecular formula is C12H22O11. The maximum Gasteiger partial charge on any atom is 0.189 e. The predicted octanol–water partition coefficient (Wildman–Crippen LogP) is -5.40. The van der Waals surface area contributed by atoms with Crippen LogP contribution >= 0.6 is 0 Å². The van der Waals surface area contributed by atoms with Gasteiger partial charge in [-0.15, -0.1) is 0 Å². The quantitative estimate of drug-likeness (QED) is 0.243. The van der Waals surface area contributed by atoms with Crippen molar-refractivity contribution in [3.63, 3.8) is 0 Å². The molecule has 0 saturated carbocycles. The van der Waals surface area contributed by atoms with Gasteiger partial charge in [-0.1, -0.05) is 0 Å². The molecule has 0 bridgehead atoms. The lowest BCUT2D eigenvalue weighted by Gasteiger charge is -2.44. The largest absolute Gasteiger partial charge is 0.394 e. The number of aliphatic hydroxyl groups excluding tert-OH is 8. The van der Waals surface area contributed by atoms with Gasteiger partial charge in [0.2, 0.25) is 0 Å². The first kappa shape index (κ1) is 18.9. The summed E-state index contributed by atoms with van der Waals surface area (Å²) in [5.74, 6) is 0. The standard InChI is InChI=1S/C12H22O11/c13-1-3-5(15)7(17)9(19)11(21-3)23-12-10(20)8(18)6(16)4(2-14)22-12/h3-20H,1-2H2/t3-,4-,5+,6+,7-,8+,9-,10-,11+,12-/m0/s1. The topological polar surface area (TPSA) is 190 Å². The van der Waals surface area contributed by atoms with Gasteiger partial charge >= 0.3 is 0 Å². The van der Waals surface area contributed by atoms with Crippen molar-refractivity contribution in [3.05, 3.63) is 0 Å². The van der Waals surface area contributed by atoms with Crippen molar-refractivity contribution in [2.75, 3.05) is 13.2 Å². The lowest BCUT2D eigenvalue weighted by atomic mass is 9.98. The van der Waals surface area contributed by atoms with Crippen LogP contribution in [0.1, 0.15) is 0 Å². The van der Waals surface area contributed by atoms with Gasteiger partial charge in [0.25, 0.3) is 0 Å². The molecule has 0 radical (unpaired) electrons. The molecule has 11 nitrogen and oxygen atoms in total. The highest BCUT2D eigenvalue weighted by Gasteiger charge is 2.49. The summed E-state index contributed by atoms with van der Waals surface area (Å²) in [4.78, 5) is 0. The van der Waals surface area contributed by atoms with Crippen molar-refractivity contribution in [2.24, 2.45) is 0 Å². The SMILES string of the molecule is OC[C@@H]1O[C@H](O[C@@H]2O[C@@H](CO)[C@@H](O)[C@@H](O)[C@@H]2O)[C@@H](O)[C@@H](O)[C@@H]1O. The van der Waals surface area contributed by atoms with Crippen LogP contribution in [0.2, 0.25) is 0 Å². The zero-order valence-electron chi connectivity index (χ0n) is 12.0. The van der Waals surface area contributed by atoms with Gasteiger partial charge in [-0.05, 0) is 0 Å². The van der Waals surface area contributed by atoms with Gasteiger partial charge in [-0.2, -0.15) is 0 Å². The minimum atomic E-state index is -1.72. The first-order valence-electron chi connectivity index (χ1n) is 7.08. The Kier molecular flexibility index (Phi) is 6.27. The molecule has 0 aliphatic carbocycles. The normalized spacial score (nSPS) is 51.7. The van der Waals surface area contributed by atoms with Gasteiger partial charge < -0.3 is 55.1 Å². The van der Waals surface area contributed by atoms with Crippen molar-refractivity contribution in [1.82, 2.24) is 0 Å². The maximum atomic E-state index is 9.84. The minimum absolute atomic E-state index is 0.667. The molecule has 10 atom stereocenters. The van der Waals surface area contributed by atoms with Crippen LogP contribution in [0.5, 0.6) is 0 Å². The van der Waals surface area contributed by atoms with E-state index in [-0.39, 0.29) is 0 Å². The van der Waals surface area contributed by atoms with Gasteiger partial charge in [0, 0.05) is 0 Å². The highest BCUT2D eigenvalue weighted by atomic mass is 16.8. The molecule has 2 heterocycles. The molecule has 0 unspecified atom stereocenters. The van der Waals surface area contributed by atoms with E-state index in [0.29, 0.717) is 0 Å². The predicted molar refractivity (Wildman–Crippen MR) is 68.6 cm³/mol. The number of ether oxygens (including phenoxy) is 3. The Hall–Kier alpha value is -0.440. The van der Waals surface area contributed by atoms with Crippen molar-refractivity contribution < 1.29 is 55.1 Å². The molecule has 0 aromatic heterocycles. The molecule has 2 saturated heterocycles. The third-order valence-electron chi connectivity index (χ3n) is 3.97. The molecule has 0 amide bonds. The summed E-state index contributed by atoms with van der Waals surface area (Å²) in [6, 6.07) is 0. The van der Waals surface area contributed by atoms with Crippen LogP contribution in [-0.4, -0.2) is 115 Å².